The number of likely N-dealkylation sites (N-methyl/N-ethyl adjacent to an activating group) is 1. The number of nitrogens with one attached hydrogen (secondary N) is 1. The minimum absolute atomic E-state index is 0.0663. The first-order valence-electron chi connectivity index (χ1n) is 7.31. The average molecular weight is 253 g/mol. The van der Waals surface area contributed by atoms with E-state index in [1.54, 1.807) is 5.57 Å². The van der Waals surface area contributed by atoms with E-state index in [-0.39, 0.29) is 5.60 Å². The molecule has 0 saturated carbocycles. The Bertz CT molecular complexity index is 282. The molecule has 0 amide bonds. The highest BCUT2D eigenvalue weighted by Gasteiger charge is 2.41. The van der Waals surface area contributed by atoms with Crippen LogP contribution in [0, 0.1) is 0 Å². The third kappa shape index (κ3) is 2.95. The number of hydrogen-bond acceptors (Lipinski definition) is 3. The molecule has 0 bridgehead atoms. The SMILES string of the molecule is CNC(C1=CCCCCC1)C1(OC)CCOCC1. The van der Waals surface area contributed by atoms with Crippen LogP contribution in [-0.4, -0.2) is 39.0 Å². The quantitative estimate of drug-likeness (QED) is 0.781. The zero-order chi connectivity index (χ0) is 12.8. The highest BCUT2D eigenvalue weighted by atomic mass is 16.5. The largest absolute Gasteiger partial charge is 0.381 e. The van der Waals surface area contributed by atoms with E-state index >= 15 is 0 Å². The predicted octanol–water partition coefficient (Wildman–Crippen LogP) is 2.66. The summed E-state index contributed by atoms with van der Waals surface area (Å²) in [6.07, 6.45) is 10.9. The van der Waals surface area contributed by atoms with E-state index in [9.17, 15) is 0 Å². The molecule has 0 radical (unpaired) electrons. The van der Waals surface area contributed by atoms with Crippen LogP contribution >= 0.6 is 0 Å². The molecule has 104 valence electrons. The normalized spacial score (nSPS) is 26.2. The summed E-state index contributed by atoms with van der Waals surface area (Å²) in [5.74, 6) is 0. The Balaban J connectivity index is 2.16. The van der Waals surface area contributed by atoms with Crippen LogP contribution in [0.4, 0.5) is 0 Å². The Hall–Kier alpha value is -0.380. The fourth-order valence-corrected chi connectivity index (χ4v) is 3.42. The van der Waals surface area contributed by atoms with Crippen LogP contribution in [0.5, 0.6) is 0 Å². The van der Waals surface area contributed by atoms with E-state index in [0.29, 0.717) is 6.04 Å². The van der Waals surface area contributed by atoms with Gasteiger partial charge in [0.25, 0.3) is 0 Å². The van der Waals surface area contributed by atoms with Crippen molar-refractivity contribution in [2.45, 2.75) is 56.6 Å². The van der Waals surface area contributed by atoms with Crippen molar-refractivity contribution in [3.05, 3.63) is 11.6 Å². The maximum absolute atomic E-state index is 5.94. The molecule has 1 fully saturated rings. The summed E-state index contributed by atoms with van der Waals surface area (Å²) in [6, 6.07) is 0.351. The van der Waals surface area contributed by atoms with Gasteiger partial charge < -0.3 is 14.8 Å². The molecule has 0 aromatic carbocycles. The number of hydrogen-bond donors (Lipinski definition) is 1. The molecule has 0 aromatic rings. The first-order chi connectivity index (χ1) is 8.82. The molecule has 1 N–H and O–H groups in total. The van der Waals surface area contributed by atoms with Gasteiger partial charge in [-0.05, 0) is 32.7 Å². The molecule has 1 aliphatic heterocycles. The van der Waals surface area contributed by atoms with Gasteiger partial charge in [-0.2, -0.15) is 0 Å². The van der Waals surface area contributed by atoms with Gasteiger partial charge in [0.2, 0.25) is 0 Å². The molecule has 0 spiro atoms. The Morgan fingerprint density at radius 3 is 2.72 bits per heavy atom. The number of allylic oxidation sites excluding steroid dienone is 1. The smallest absolute Gasteiger partial charge is 0.0912 e. The van der Waals surface area contributed by atoms with Gasteiger partial charge in [-0.15, -0.1) is 0 Å². The monoisotopic (exact) mass is 253 g/mol. The van der Waals surface area contributed by atoms with Gasteiger partial charge >= 0.3 is 0 Å². The highest BCUT2D eigenvalue weighted by Crippen LogP contribution is 2.34. The van der Waals surface area contributed by atoms with Gasteiger partial charge in [-0.3, -0.25) is 0 Å². The Kier molecular flexibility index (Phi) is 5.22. The van der Waals surface area contributed by atoms with Crippen molar-refractivity contribution < 1.29 is 9.47 Å². The molecule has 1 atom stereocenters. The molecular formula is C15H27NO2. The van der Waals surface area contributed by atoms with Crippen molar-refractivity contribution in [3.8, 4) is 0 Å². The van der Waals surface area contributed by atoms with Crippen molar-refractivity contribution in [1.82, 2.24) is 5.32 Å². The summed E-state index contributed by atoms with van der Waals surface area (Å²) in [6.45, 7) is 1.64. The van der Waals surface area contributed by atoms with E-state index in [2.05, 4.69) is 18.4 Å². The van der Waals surface area contributed by atoms with Crippen LogP contribution < -0.4 is 5.32 Å². The molecule has 1 saturated heterocycles. The molecule has 1 unspecified atom stereocenters. The molecule has 0 aromatic heterocycles. The third-order valence-corrected chi connectivity index (χ3v) is 4.51. The lowest BCUT2D eigenvalue weighted by molar-refractivity contribution is -0.103. The van der Waals surface area contributed by atoms with Gasteiger partial charge in [0.1, 0.15) is 0 Å². The summed E-state index contributed by atoms with van der Waals surface area (Å²) < 4.78 is 11.4. The fraction of sp³-hybridized carbons (Fsp3) is 0.867. The summed E-state index contributed by atoms with van der Waals surface area (Å²) in [7, 11) is 3.92. The zero-order valence-electron chi connectivity index (χ0n) is 11.8. The minimum atomic E-state index is -0.0663. The van der Waals surface area contributed by atoms with E-state index < -0.39 is 0 Å². The summed E-state index contributed by atoms with van der Waals surface area (Å²) in [4.78, 5) is 0. The van der Waals surface area contributed by atoms with Crippen LogP contribution in [-0.2, 0) is 9.47 Å². The van der Waals surface area contributed by atoms with Gasteiger partial charge in [0.05, 0.1) is 11.6 Å². The molecule has 1 heterocycles. The van der Waals surface area contributed by atoms with Gasteiger partial charge in [-0.25, -0.2) is 0 Å². The van der Waals surface area contributed by atoms with E-state index in [1.165, 1.54) is 32.1 Å². The number of ether oxygens (including phenoxy) is 2. The van der Waals surface area contributed by atoms with Crippen LogP contribution in [0.15, 0.2) is 11.6 Å². The fourth-order valence-electron chi connectivity index (χ4n) is 3.42. The van der Waals surface area contributed by atoms with Crippen LogP contribution in [0.25, 0.3) is 0 Å². The van der Waals surface area contributed by atoms with Crippen molar-refractivity contribution in [3.63, 3.8) is 0 Å². The highest BCUT2D eigenvalue weighted by molar-refractivity contribution is 5.19. The second-order valence-corrected chi connectivity index (χ2v) is 5.48. The predicted molar refractivity (Wildman–Crippen MR) is 73.8 cm³/mol. The molecule has 3 nitrogen and oxygen atoms in total. The van der Waals surface area contributed by atoms with E-state index in [4.69, 9.17) is 9.47 Å². The molecular weight excluding hydrogens is 226 g/mol. The molecule has 2 aliphatic rings. The lowest BCUT2D eigenvalue weighted by Gasteiger charge is -2.43. The Labute approximate surface area is 111 Å². The van der Waals surface area contributed by atoms with Crippen molar-refractivity contribution in [2.24, 2.45) is 0 Å². The molecule has 18 heavy (non-hydrogen) atoms. The second kappa shape index (κ2) is 6.69. The second-order valence-electron chi connectivity index (χ2n) is 5.48. The van der Waals surface area contributed by atoms with Gasteiger partial charge in [0, 0.05) is 33.2 Å². The summed E-state index contributed by atoms with van der Waals surface area (Å²) in [5, 5.41) is 3.51. The first-order valence-corrected chi connectivity index (χ1v) is 7.31. The molecule has 3 heteroatoms. The van der Waals surface area contributed by atoms with Crippen molar-refractivity contribution >= 4 is 0 Å². The van der Waals surface area contributed by atoms with E-state index in [0.717, 1.165) is 26.1 Å². The minimum Gasteiger partial charge on any atom is -0.381 e. The Morgan fingerprint density at radius 1 is 1.28 bits per heavy atom. The van der Waals surface area contributed by atoms with Gasteiger partial charge in [-0.1, -0.05) is 18.1 Å². The summed E-state index contributed by atoms with van der Waals surface area (Å²) in [5.41, 5.74) is 1.49. The standard InChI is InChI=1S/C15H27NO2/c1-16-14(13-7-5-3-4-6-8-13)15(17-2)9-11-18-12-10-15/h7,14,16H,3-6,8-12H2,1-2H3. The van der Waals surface area contributed by atoms with Crippen molar-refractivity contribution in [2.75, 3.05) is 27.4 Å². The zero-order valence-corrected chi connectivity index (χ0v) is 11.8. The van der Waals surface area contributed by atoms with Gasteiger partial charge in [0.15, 0.2) is 0 Å². The van der Waals surface area contributed by atoms with E-state index in [1.807, 2.05) is 7.11 Å². The Morgan fingerprint density at radius 2 is 2.06 bits per heavy atom. The number of rotatable bonds is 4. The molecule has 2 rings (SSSR count). The van der Waals surface area contributed by atoms with Crippen LogP contribution in [0.2, 0.25) is 0 Å². The molecule has 1 aliphatic carbocycles. The maximum Gasteiger partial charge on any atom is 0.0912 e. The third-order valence-electron chi connectivity index (χ3n) is 4.51. The topological polar surface area (TPSA) is 30.5 Å². The van der Waals surface area contributed by atoms with Crippen molar-refractivity contribution in [1.29, 1.82) is 0 Å². The average Bonchev–Trinajstić information content (AvgIpc) is 2.70. The number of methoxy groups -OCH3 is 1. The lowest BCUT2D eigenvalue weighted by Crippen LogP contribution is -2.55. The maximum atomic E-state index is 5.94. The van der Waals surface area contributed by atoms with Crippen LogP contribution in [0.3, 0.4) is 0 Å². The lowest BCUT2D eigenvalue weighted by atomic mass is 9.80. The first kappa shape index (κ1) is 14.0. The van der Waals surface area contributed by atoms with Crippen LogP contribution in [0.1, 0.15) is 44.9 Å². The summed E-state index contributed by atoms with van der Waals surface area (Å²) >= 11 is 0.